The third-order valence-electron chi connectivity index (χ3n) is 4.81. The monoisotopic (exact) mass is 371 g/mol. The first kappa shape index (κ1) is 20.8. The molecule has 1 N–H and O–H groups in total. The summed E-state index contributed by atoms with van der Waals surface area (Å²) in [5.41, 5.74) is 1.52. The first-order valence-electron chi connectivity index (χ1n) is 8.98. The zero-order chi connectivity index (χ0) is 20.0. The number of hydrogen-bond acceptors (Lipinski definition) is 4. The van der Waals surface area contributed by atoms with E-state index >= 15 is 0 Å². The number of aliphatic hydroxyl groups excluding tert-OH is 1. The lowest BCUT2D eigenvalue weighted by molar-refractivity contribution is -0.132. The average Bonchev–Trinajstić information content (AvgIpc) is 2.67. The van der Waals surface area contributed by atoms with Crippen molar-refractivity contribution in [3.05, 3.63) is 59.7 Å². The summed E-state index contributed by atoms with van der Waals surface area (Å²) in [5.74, 6) is 1.14. The normalized spacial score (nSPS) is 12.4. The number of amides is 1. The van der Waals surface area contributed by atoms with Crippen LogP contribution in [0.2, 0.25) is 0 Å². The van der Waals surface area contributed by atoms with Gasteiger partial charge in [0.25, 0.3) is 0 Å². The van der Waals surface area contributed by atoms with E-state index < -0.39 is 6.10 Å². The molecule has 0 fully saturated rings. The van der Waals surface area contributed by atoms with Crippen LogP contribution in [0.15, 0.2) is 48.5 Å². The highest BCUT2D eigenvalue weighted by Gasteiger charge is 2.26. The van der Waals surface area contributed by atoms with Crippen molar-refractivity contribution in [2.45, 2.75) is 31.8 Å². The number of ether oxygens (including phenoxy) is 2. The second-order valence-electron chi connectivity index (χ2n) is 7.33. The number of rotatable bonds is 8. The molecule has 0 heterocycles. The molecule has 27 heavy (non-hydrogen) atoms. The molecule has 0 aliphatic rings. The molecule has 0 radical (unpaired) electrons. The molecule has 0 saturated heterocycles. The van der Waals surface area contributed by atoms with Crippen LogP contribution in [0.5, 0.6) is 11.5 Å². The second kappa shape index (κ2) is 8.91. The Labute approximate surface area is 161 Å². The van der Waals surface area contributed by atoms with Gasteiger partial charge in [-0.05, 0) is 28.7 Å². The topological polar surface area (TPSA) is 59.0 Å². The van der Waals surface area contributed by atoms with Gasteiger partial charge in [-0.25, -0.2) is 0 Å². The minimum absolute atomic E-state index is 0.0108. The lowest BCUT2D eigenvalue weighted by Crippen LogP contribution is -2.35. The number of aliphatic hydroxyl groups is 1. The maximum absolute atomic E-state index is 12.7. The number of carbonyl (C=O) groups excluding carboxylic acids is 1. The lowest BCUT2D eigenvalue weighted by atomic mass is 9.81. The van der Waals surface area contributed by atoms with E-state index in [1.54, 1.807) is 44.4 Å². The highest BCUT2D eigenvalue weighted by molar-refractivity contribution is 5.77. The van der Waals surface area contributed by atoms with Crippen molar-refractivity contribution in [2.75, 3.05) is 27.8 Å². The van der Waals surface area contributed by atoms with Crippen LogP contribution in [-0.4, -0.2) is 43.7 Å². The lowest BCUT2D eigenvalue weighted by Gasteiger charge is -2.28. The van der Waals surface area contributed by atoms with Crippen LogP contribution in [0.4, 0.5) is 0 Å². The highest BCUT2D eigenvalue weighted by Crippen LogP contribution is 2.31. The number of nitrogens with zero attached hydrogens (tertiary/aromatic N) is 1. The van der Waals surface area contributed by atoms with Gasteiger partial charge < -0.3 is 19.5 Å². The van der Waals surface area contributed by atoms with E-state index in [-0.39, 0.29) is 17.9 Å². The fourth-order valence-corrected chi connectivity index (χ4v) is 3.03. The van der Waals surface area contributed by atoms with Gasteiger partial charge in [0.2, 0.25) is 5.91 Å². The van der Waals surface area contributed by atoms with Crippen molar-refractivity contribution in [1.29, 1.82) is 0 Å². The molecule has 5 nitrogen and oxygen atoms in total. The molecule has 146 valence electrons. The van der Waals surface area contributed by atoms with Crippen LogP contribution >= 0.6 is 0 Å². The summed E-state index contributed by atoms with van der Waals surface area (Å²) >= 11 is 0. The highest BCUT2D eigenvalue weighted by atomic mass is 16.5. The maximum Gasteiger partial charge on any atom is 0.223 e. The zero-order valence-electron chi connectivity index (χ0n) is 16.7. The first-order chi connectivity index (χ1) is 12.8. The summed E-state index contributed by atoms with van der Waals surface area (Å²) in [6, 6.07) is 15.2. The van der Waals surface area contributed by atoms with Gasteiger partial charge in [-0.2, -0.15) is 0 Å². The predicted octanol–water partition coefficient (Wildman–Crippen LogP) is 3.56. The van der Waals surface area contributed by atoms with E-state index in [1.807, 2.05) is 30.3 Å². The summed E-state index contributed by atoms with van der Waals surface area (Å²) in [7, 11) is 4.83. The van der Waals surface area contributed by atoms with E-state index in [9.17, 15) is 9.90 Å². The third-order valence-corrected chi connectivity index (χ3v) is 4.81. The molecule has 2 aromatic carbocycles. The van der Waals surface area contributed by atoms with Crippen molar-refractivity contribution >= 4 is 5.91 Å². The average molecular weight is 371 g/mol. The Hall–Kier alpha value is -2.53. The molecule has 2 aromatic rings. The molecule has 0 aliphatic carbocycles. The zero-order valence-corrected chi connectivity index (χ0v) is 16.7. The summed E-state index contributed by atoms with van der Waals surface area (Å²) < 4.78 is 10.5. The molecular weight excluding hydrogens is 342 g/mol. The van der Waals surface area contributed by atoms with Crippen LogP contribution in [0.3, 0.4) is 0 Å². The molecule has 0 aromatic heterocycles. The van der Waals surface area contributed by atoms with Crippen LogP contribution in [-0.2, 0) is 10.2 Å². The van der Waals surface area contributed by atoms with Gasteiger partial charge in [0.1, 0.15) is 0 Å². The quantitative estimate of drug-likeness (QED) is 0.771. The fraction of sp³-hybridized carbons (Fsp3) is 0.409. The van der Waals surface area contributed by atoms with Crippen molar-refractivity contribution in [3.63, 3.8) is 0 Å². The van der Waals surface area contributed by atoms with Gasteiger partial charge in [0.15, 0.2) is 11.5 Å². The van der Waals surface area contributed by atoms with Crippen LogP contribution in [0.25, 0.3) is 0 Å². The molecule has 2 rings (SSSR count). The van der Waals surface area contributed by atoms with Gasteiger partial charge in [0.05, 0.1) is 26.9 Å². The Balaban J connectivity index is 2.03. The first-order valence-corrected chi connectivity index (χ1v) is 8.98. The van der Waals surface area contributed by atoms with Crippen molar-refractivity contribution in [3.8, 4) is 11.5 Å². The van der Waals surface area contributed by atoms with Crippen LogP contribution < -0.4 is 9.47 Å². The van der Waals surface area contributed by atoms with E-state index in [1.165, 1.54) is 0 Å². The van der Waals surface area contributed by atoms with Crippen molar-refractivity contribution < 1.29 is 19.4 Å². The van der Waals surface area contributed by atoms with E-state index in [4.69, 9.17) is 9.47 Å². The standard InChI is InChI=1S/C22H29NO4/c1-22(2,17-9-7-6-8-10-17)14-21(25)23(3)15-18(24)16-11-12-19(26-4)20(13-16)27-5/h6-13,18,24H,14-15H2,1-5H3. The van der Waals surface area contributed by atoms with Gasteiger partial charge in [0, 0.05) is 13.5 Å². The Morgan fingerprint density at radius 3 is 2.30 bits per heavy atom. The molecule has 0 spiro atoms. The maximum atomic E-state index is 12.7. The van der Waals surface area contributed by atoms with Gasteiger partial charge in [-0.3, -0.25) is 4.79 Å². The van der Waals surface area contributed by atoms with Crippen LogP contribution in [0.1, 0.15) is 37.5 Å². The summed E-state index contributed by atoms with van der Waals surface area (Å²) in [5, 5.41) is 10.5. The molecule has 1 amide bonds. The molecule has 5 heteroatoms. The van der Waals surface area contributed by atoms with Gasteiger partial charge in [-0.15, -0.1) is 0 Å². The molecule has 0 aliphatic heterocycles. The number of likely N-dealkylation sites (N-methyl/N-ethyl adjacent to an activating group) is 1. The Kier molecular flexibility index (Phi) is 6.86. The Bertz CT molecular complexity index is 758. The molecule has 0 bridgehead atoms. The molecular formula is C22H29NO4. The van der Waals surface area contributed by atoms with E-state index in [2.05, 4.69) is 13.8 Å². The van der Waals surface area contributed by atoms with Crippen LogP contribution in [0, 0.1) is 0 Å². The Morgan fingerprint density at radius 2 is 1.70 bits per heavy atom. The molecule has 1 atom stereocenters. The van der Waals surface area contributed by atoms with Gasteiger partial charge in [-0.1, -0.05) is 50.2 Å². The summed E-state index contributed by atoms with van der Waals surface area (Å²) in [4.78, 5) is 14.3. The van der Waals surface area contributed by atoms with Crippen molar-refractivity contribution in [1.82, 2.24) is 4.90 Å². The second-order valence-corrected chi connectivity index (χ2v) is 7.33. The number of hydrogen-bond donors (Lipinski definition) is 1. The number of benzene rings is 2. The van der Waals surface area contributed by atoms with E-state index in [0.717, 1.165) is 5.56 Å². The number of carbonyl (C=O) groups is 1. The summed E-state index contributed by atoms with van der Waals surface area (Å²) in [6.07, 6.45) is -0.440. The molecule has 0 saturated carbocycles. The minimum atomic E-state index is -0.807. The van der Waals surface area contributed by atoms with Crippen molar-refractivity contribution in [2.24, 2.45) is 0 Å². The number of methoxy groups -OCH3 is 2. The largest absolute Gasteiger partial charge is 0.493 e. The smallest absolute Gasteiger partial charge is 0.223 e. The predicted molar refractivity (Wildman–Crippen MR) is 106 cm³/mol. The Morgan fingerprint density at radius 1 is 1.07 bits per heavy atom. The minimum Gasteiger partial charge on any atom is -0.493 e. The SMILES string of the molecule is COc1ccc(C(O)CN(C)C(=O)CC(C)(C)c2ccccc2)cc1OC. The van der Waals surface area contributed by atoms with Gasteiger partial charge >= 0.3 is 0 Å². The third kappa shape index (κ3) is 5.23. The molecule has 1 unspecified atom stereocenters. The fourth-order valence-electron chi connectivity index (χ4n) is 3.03. The van der Waals surface area contributed by atoms with E-state index in [0.29, 0.717) is 23.5 Å². The summed E-state index contributed by atoms with van der Waals surface area (Å²) in [6.45, 7) is 4.32.